The number of nitrogens with two attached hydrogens (primary N) is 1. The number of carbonyl (C=O) groups is 1. The molecule has 1 amide bonds. The van der Waals surface area contributed by atoms with Crippen molar-refractivity contribution in [2.24, 2.45) is 5.73 Å². The molecule has 2 rings (SSSR count). The van der Waals surface area contributed by atoms with E-state index in [0.717, 1.165) is 17.3 Å². The van der Waals surface area contributed by atoms with Crippen molar-refractivity contribution in [1.82, 2.24) is 4.90 Å². The van der Waals surface area contributed by atoms with Gasteiger partial charge in [0.15, 0.2) is 0 Å². The van der Waals surface area contributed by atoms with E-state index in [1.165, 1.54) is 5.56 Å². The maximum atomic E-state index is 12.2. The van der Waals surface area contributed by atoms with Crippen LogP contribution in [0.1, 0.15) is 39.2 Å². The molecule has 0 atom stereocenters. The highest BCUT2D eigenvalue weighted by Gasteiger charge is 2.37. The summed E-state index contributed by atoms with van der Waals surface area (Å²) in [4.78, 5) is 14.0. The average Bonchev–Trinajstić information content (AvgIpc) is 2.45. The summed E-state index contributed by atoms with van der Waals surface area (Å²) in [5.74, 6) is 0. The zero-order valence-electron chi connectivity index (χ0n) is 13.6. The molecular formula is C17H25BrN2O2. The number of nitrogens with zero attached hydrogens (tertiary/aromatic N) is 1. The number of hydrogen-bond donors (Lipinski definition) is 1. The van der Waals surface area contributed by atoms with Crippen LogP contribution in [0.25, 0.3) is 0 Å². The first-order chi connectivity index (χ1) is 10.3. The lowest BCUT2D eigenvalue weighted by atomic mass is 9.73. The van der Waals surface area contributed by atoms with Crippen LogP contribution in [0.4, 0.5) is 4.79 Å². The molecule has 1 aromatic rings. The summed E-state index contributed by atoms with van der Waals surface area (Å²) in [5.41, 5.74) is 6.83. The van der Waals surface area contributed by atoms with E-state index in [9.17, 15) is 4.79 Å². The topological polar surface area (TPSA) is 55.6 Å². The standard InChI is InChI=1S/C17H25BrN2O2/c1-16(2,3)22-15(21)20-9-7-17(12-19,8-10-20)13-5-4-6-14(18)11-13/h4-6,11H,7-10,12,19H2,1-3H3. The molecule has 1 fully saturated rings. The second-order valence-corrected chi connectivity index (χ2v) is 7.88. The fourth-order valence-electron chi connectivity index (χ4n) is 2.87. The van der Waals surface area contributed by atoms with Crippen LogP contribution in [0.2, 0.25) is 0 Å². The van der Waals surface area contributed by atoms with E-state index in [0.29, 0.717) is 19.6 Å². The molecule has 1 saturated heterocycles. The average molecular weight is 369 g/mol. The smallest absolute Gasteiger partial charge is 0.410 e. The molecule has 1 heterocycles. The molecule has 0 saturated carbocycles. The Morgan fingerprint density at radius 3 is 2.50 bits per heavy atom. The zero-order valence-corrected chi connectivity index (χ0v) is 15.1. The molecule has 1 aromatic carbocycles. The van der Waals surface area contributed by atoms with Crippen molar-refractivity contribution in [2.75, 3.05) is 19.6 Å². The van der Waals surface area contributed by atoms with Gasteiger partial charge in [0.1, 0.15) is 5.60 Å². The number of carbonyl (C=O) groups excluding carboxylic acids is 1. The number of piperidine rings is 1. The minimum absolute atomic E-state index is 0.0533. The van der Waals surface area contributed by atoms with Crippen LogP contribution < -0.4 is 5.73 Å². The fourth-order valence-corrected chi connectivity index (χ4v) is 3.27. The van der Waals surface area contributed by atoms with Crippen LogP contribution in [0, 0.1) is 0 Å². The summed E-state index contributed by atoms with van der Waals surface area (Å²) < 4.78 is 6.51. The van der Waals surface area contributed by atoms with E-state index in [4.69, 9.17) is 10.5 Å². The summed E-state index contributed by atoms with van der Waals surface area (Å²) in [5, 5.41) is 0. The lowest BCUT2D eigenvalue weighted by molar-refractivity contribution is 0.0167. The van der Waals surface area contributed by atoms with Gasteiger partial charge in [0, 0.05) is 29.5 Å². The summed E-state index contributed by atoms with van der Waals surface area (Å²) in [7, 11) is 0. The second kappa shape index (κ2) is 6.59. The highest BCUT2D eigenvalue weighted by molar-refractivity contribution is 9.10. The van der Waals surface area contributed by atoms with Gasteiger partial charge in [0.2, 0.25) is 0 Å². The summed E-state index contributed by atoms with van der Waals surface area (Å²) in [6, 6.07) is 8.32. The number of halogens is 1. The summed E-state index contributed by atoms with van der Waals surface area (Å²) in [6.45, 7) is 7.62. The fraction of sp³-hybridized carbons (Fsp3) is 0.588. The van der Waals surface area contributed by atoms with Gasteiger partial charge in [-0.3, -0.25) is 0 Å². The van der Waals surface area contributed by atoms with Crippen molar-refractivity contribution in [3.8, 4) is 0 Å². The first-order valence-electron chi connectivity index (χ1n) is 7.70. The van der Waals surface area contributed by atoms with Gasteiger partial charge in [-0.25, -0.2) is 4.79 Å². The predicted molar refractivity (Wildman–Crippen MR) is 91.9 cm³/mol. The third-order valence-electron chi connectivity index (χ3n) is 4.20. The molecule has 5 heteroatoms. The Labute approximate surface area is 141 Å². The van der Waals surface area contributed by atoms with E-state index in [1.807, 2.05) is 32.9 Å². The Balaban J connectivity index is 2.07. The Morgan fingerprint density at radius 2 is 2.00 bits per heavy atom. The van der Waals surface area contributed by atoms with Crippen LogP contribution in [0.15, 0.2) is 28.7 Å². The third kappa shape index (κ3) is 4.02. The van der Waals surface area contributed by atoms with Crippen molar-refractivity contribution < 1.29 is 9.53 Å². The van der Waals surface area contributed by atoms with Crippen molar-refractivity contribution in [3.63, 3.8) is 0 Å². The van der Waals surface area contributed by atoms with Crippen molar-refractivity contribution in [3.05, 3.63) is 34.3 Å². The molecule has 0 bridgehead atoms. The minimum Gasteiger partial charge on any atom is -0.444 e. The lowest BCUT2D eigenvalue weighted by Gasteiger charge is -2.41. The first-order valence-corrected chi connectivity index (χ1v) is 8.49. The van der Waals surface area contributed by atoms with Gasteiger partial charge in [-0.15, -0.1) is 0 Å². The van der Waals surface area contributed by atoms with E-state index in [2.05, 4.69) is 28.1 Å². The highest BCUT2D eigenvalue weighted by Crippen LogP contribution is 2.36. The first kappa shape index (κ1) is 17.3. The van der Waals surface area contributed by atoms with Crippen molar-refractivity contribution in [1.29, 1.82) is 0 Å². The predicted octanol–water partition coefficient (Wildman–Crippen LogP) is 3.68. The van der Waals surface area contributed by atoms with Gasteiger partial charge in [-0.1, -0.05) is 28.1 Å². The van der Waals surface area contributed by atoms with Gasteiger partial charge < -0.3 is 15.4 Å². The summed E-state index contributed by atoms with van der Waals surface area (Å²) >= 11 is 3.52. The van der Waals surface area contributed by atoms with Gasteiger partial charge in [-0.05, 0) is 51.3 Å². The van der Waals surface area contributed by atoms with Crippen LogP contribution in [0.3, 0.4) is 0 Å². The zero-order chi connectivity index (χ0) is 16.4. The lowest BCUT2D eigenvalue weighted by Crippen LogP contribution is -2.49. The largest absolute Gasteiger partial charge is 0.444 e. The number of likely N-dealkylation sites (tertiary alicyclic amines) is 1. The molecule has 0 unspecified atom stereocenters. The Bertz CT molecular complexity index is 532. The number of rotatable bonds is 2. The molecule has 0 aliphatic carbocycles. The van der Waals surface area contributed by atoms with Gasteiger partial charge in [0.25, 0.3) is 0 Å². The molecule has 122 valence electrons. The molecule has 1 aliphatic heterocycles. The van der Waals surface area contributed by atoms with Crippen LogP contribution in [-0.4, -0.2) is 36.2 Å². The molecule has 4 nitrogen and oxygen atoms in total. The minimum atomic E-state index is -0.455. The Morgan fingerprint density at radius 1 is 1.36 bits per heavy atom. The molecule has 0 aromatic heterocycles. The molecule has 0 radical (unpaired) electrons. The van der Waals surface area contributed by atoms with E-state index in [-0.39, 0.29) is 11.5 Å². The van der Waals surface area contributed by atoms with Gasteiger partial charge in [-0.2, -0.15) is 0 Å². The summed E-state index contributed by atoms with van der Waals surface area (Å²) in [6.07, 6.45) is 1.49. The highest BCUT2D eigenvalue weighted by atomic mass is 79.9. The molecule has 22 heavy (non-hydrogen) atoms. The normalized spacial score (nSPS) is 18.1. The van der Waals surface area contributed by atoms with Crippen molar-refractivity contribution >= 4 is 22.0 Å². The SMILES string of the molecule is CC(C)(C)OC(=O)N1CCC(CN)(c2cccc(Br)c2)CC1. The molecule has 0 spiro atoms. The molecule has 2 N–H and O–H groups in total. The Kier molecular flexibility index (Phi) is 5.17. The second-order valence-electron chi connectivity index (χ2n) is 6.96. The van der Waals surface area contributed by atoms with Gasteiger partial charge in [0.05, 0.1) is 0 Å². The number of hydrogen-bond acceptors (Lipinski definition) is 3. The quantitative estimate of drug-likeness (QED) is 0.865. The van der Waals surface area contributed by atoms with E-state index in [1.54, 1.807) is 4.90 Å². The van der Waals surface area contributed by atoms with Crippen molar-refractivity contribution in [2.45, 2.75) is 44.6 Å². The maximum Gasteiger partial charge on any atom is 0.410 e. The van der Waals surface area contributed by atoms with Crippen LogP contribution in [-0.2, 0) is 10.2 Å². The molecular weight excluding hydrogens is 344 g/mol. The third-order valence-corrected chi connectivity index (χ3v) is 4.69. The van der Waals surface area contributed by atoms with Gasteiger partial charge >= 0.3 is 6.09 Å². The van der Waals surface area contributed by atoms with Crippen LogP contribution >= 0.6 is 15.9 Å². The number of amides is 1. The van der Waals surface area contributed by atoms with E-state index >= 15 is 0 Å². The maximum absolute atomic E-state index is 12.2. The number of ether oxygens (including phenoxy) is 1. The van der Waals surface area contributed by atoms with Crippen LogP contribution in [0.5, 0.6) is 0 Å². The van der Waals surface area contributed by atoms with E-state index < -0.39 is 5.60 Å². The monoisotopic (exact) mass is 368 g/mol. The number of benzene rings is 1. The molecule has 1 aliphatic rings. The Hall–Kier alpha value is -1.07.